The van der Waals surface area contributed by atoms with Gasteiger partial charge >= 0.3 is 0 Å². The van der Waals surface area contributed by atoms with Crippen molar-refractivity contribution in [3.63, 3.8) is 0 Å². The zero-order valence-corrected chi connectivity index (χ0v) is 10.8. The molecule has 0 bridgehead atoms. The molecule has 1 aromatic heterocycles. The van der Waals surface area contributed by atoms with Crippen molar-refractivity contribution in [2.24, 2.45) is 0 Å². The Morgan fingerprint density at radius 2 is 2.28 bits per heavy atom. The molecule has 0 aliphatic rings. The molecule has 0 amide bonds. The second-order valence-corrected chi connectivity index (χ2v) is 4.25. The maximum absolute atomic E-state index is 8.68. The first kappa shape index (κ1) is 12.6. The summed E-state index contributed by atoms with van der Waals surface area (Å²) in [6, 6.07) is 7.70. The molecule has 2 aromatic rings. The first-order chi connectivity index (χ1) is 8.65. The highest BCUT2D eigenvalue weighted by molar-refractivity contribution is 6.31. The SMILES string of the molecule is CNC(C)c1ccc(-n2cnc(C#N)n2)cc1Cl. The Labute approximate surface area is 110 Å². The first-order valence-corrected chi connectivity index (χ1v) is 5.82. The molecule has 6 heteroatoms. The zero-order chi connectivity index (χ0) is 13.1. The van der Waals surface area contributed by atoms with E-state index in [1.54, 1.807) is 6.07 Å². The Hall–Kier alpha value is -1.90. The van der Waals surface area contributed by atoms with Gasteiger partial charge in [-0.05, 0) is 31.7 Å². The van der Waals surface area contributed by atoms with E-state index in [2.05, 4.69) is 15.4 Å². The summed E-state index contributed by atoms with van der Waals surface area (Å²) in [7, 11) is 1.88. The summed E-state index contributed by atoms with van der Waals surface area (Å²) in [5, 5.41) is 16.5. The molecular weight excluding hydrogens is 250 g/mol. The van der Waals surface area contributed by atoms with Crippen LogP contribution in [-0.4, -0.2) is 21.8 Å². The smallest absolute Gasteiger partial charge is 0.252 e. The van der Waals surface area contributed by atoms with E-state index in [0.717, 1.165) is 11.3 Å². The zero-order valence-electron chi connectivity index (χ0n) is 10.1. The standard InChI is InChI=1S/C12H12ClN5/c1-8(15-2)10-4-3-9(5-11(10)13)18-7-16-12(6-14)17-18/h3-5,7-8,15H,1-2H3. The number of rotatable bonds is 3. The quantitative estimate of drug-likeness (QED) is 0.919. The molecule has 1 N–H and O–H groups in total. The number of hydrogen-bond donors (Lipinski definition) is 1. The van der Waals surface area contributed by atoms with Crippen molar-refractivity contribution < 1.29 is 0 Å². The van der Waals surface area contributed by atoms with Gasteiger partial charge in [-0.25, -0.2) is 9.67 Å². The fourth-order valence-electron chi connectivity index (χ4n) is 1.60. The molecule has 5 nitrogen and oxygen atoms in total. The van der Waals surface area contributed by atoms with Gasteiger partial charge in [-0.2, -0.15) is 5.26 Å². The molecule has 0 aliphatic carbocycles. The van der Waals surface area contributed by atoms with Gasteiger partial charge in [0, 0.05) is 11.1 Å². The number of nitriles is 1. The maximum Gasteiger partial charge on any atom is 0.252 e. The predicted octanol–water partition coefficient (Wildman–Crippen LogP) is 2.07. The first-order valence-electron chi connectivity index (χ1n) is 5.44. The molecule has 1 aromatic carbocycles. The van der Waals surface area contributed by atoms with Crippen LogP contribution in [0.1, 0.15) is 24.4 Å². The van der Waals surface area contributed by atoms with E-state index in [1.165, 1.54) is 11.0 Å². The van der Waals surface area contributed by atoms with E-state index in [-0.39, 0.29) is 11.9 Å². The van der Waals surface area contributed by atoms with Crippen LogP contribution in [0.2, 0.25) is 5.02 Å². The van der Waals surface area contributed by atoms with Crippen LogP contribution in [-0.2, 0) is 0 Å². The molecule has 0 saturated heterocycles. The Kier molecular flexibility index (Phi) is 3.60. The van der Waals surface area contributed by atoms with Crippen LogP contribution in [0.4, 0.5) is 0 Å². The lowest BCUT2D eigenvalue weighted by Crippen LogP contribution is -2.12. The van der Waals surface area contributed by atoms with Crippen molar-refractivity contribution >= 4 is 11.6 Å². The molecule has 0 saturated carbocycles. The highest BCUT2D eigenvalue weighted by Crippen LogP contribution is 2.25. The van der Waals surface area contributed by atoms with E-state index < -0.39 is 0 Å². The Morgan fingerprint density at radius 1 is 1.50 bits per heavy atom. The molecule has 0 fully saturated rings. The molecule has 0 spiro atoms. The van der Waals surface area contributed by atoms with E-state index in [1.807, 2.05) is 32.2 Å². The highest BCUT2D eigenvalue weighted by atomic mass is 35.5. The molecule has 0 radical (unpaired) electrons. The normalized spacial score (nSPS) is 12.1. The number of aromatic nitrogens is 3. The minimum atomic E-state index is 0.138. The average molecular weight is 262 g/mol. The molecule has 2 rings (SSSR count). The van der Waals surface area contributed by atoms with Crippen LogP contribution in [0.3, 0.4) is 0 Å². The van der Waals surface area contributed by atoms with Crippen molar-refractivity contribution in [3.05, 3.63) is 40.9 Å². The summed E-state index contributed by atoms with van der Waals surface area (Å²) in [6.07, 6.45) is 1.49. The third-order valence-corrected chi connectivity index (χ3v) is 3.07. The van der Waals surface area contributed by atoms with Crippen molar-refractivity contribution in [1.82, 2.24) is 20.1 Å². The molecular formula is C12H12ClN5. The summed E-state index contributed by atoms with van der Waals surface area (Å²) in [6.45, 7) is 2.03. The predicted molar refractivity (Wildman–Crippen MR) is 68.6 cm³/mol. The van der Waals surface area contributed by atoms with Gasteiger partial charge < -0.3 is 5.32 Å². The van der Waals surface area contributed by atoms with E-state index in [0.29, 0.717) is 5.02 Å². The van der Waals surface area contributed by atoms with Crippen LogP contribution >= 0.6 is 11.6 Å². The van der Waals surface area contributed by atoms with E-state index in [9.17, 15) is 0 Å². The Bertz CT molecular complexity index is 599. The summed E-state index contributed by atoms with van der Waals surface area (Å²) in [4.78, 5) is 3.85. The average Bonchev–Trinajstić information content (AvgIpc) is 2.86. The van der Waals surface area contributed by atoms with Crippen LogP contribution < -0.4 is 5.32 Å². The minimum Gasteiger partial charge on any atom is -0.313 e. The highest BCUT2D eigenvalue weighted by Gasteiger charge is 2.09. The number of nitrogens with one attached hydrogen (secondary N) is 1. The third-order valence-electron chi connectivity index (χ3n) is 2.74. The van der Waals surface area contributed by atoms with Crippen LogP contribution in [0.25, 0.3) is 5.69 Å². The van der Waals surface area contributed by atoms with Crippen molar-refractivity contribution in [3.8, 4) is 11.8 Å². The lowest BCUT2D eigenvalue weighted by molar-refractivity contribution is 0.652. The fraction of sp³-hybridized carbons (Fsp3) is 0.250. The van der Waals surface area contributed by atoms with Gasteiger partial charge in [0.15, 0.2) is 0 Å². The molecule has 92 valence electrons. The fourth-order valence-corrected chi connectivity index (χ4v) is 1.94. The summed E-state index contributed by atoms with van der Waals surface area (Å²) in [5.74, 6) is 0.138. The second-order valence-electron chi connectivity index (χ2n) is 3.84. The van der Waals surface area contributed by atoms with E-state index in [4.69, 9.17) is 16.9 Å². The summed E-state index contributed by atoms with van der Waals surface area (Å²) < 4.78 is 1.53. The minimum absolute atomic E-state index is 0.138. The van der Waals surface area contributed by atoms with Gasteiger partial charge in [-0.3, -0.25) is 0 Å². The molecule has 1 unspecified atom stereocenters. The monoisotopic (exact) mass is 261 g/mol. The number of benzene rings is 1. The van der Waals surface area contributed by atoms with Gasteiger partial charge in [-0.1, -0.05) is 17.7 Å². The topological polar surface area (TPSA) is 66.5 Å². The van der Waals surface area contributed by atoms with Crippen molar-refractivity contribution in [1.29, 1.82) is 5.26 Å². The maximum atomic E-state index is 8.68. The van der Waals surface area contributed by atoms with Gasteiger partial charge in [0.1, 0.15) is 12.4 Å². The second kappa shape index (κ2) is 5.17. The van der Waals surface area contributed by atoms with Gasteiger partial charge in [0.2, 0.25) is 0 Å². The van der Waals surface area contributed by atoms with Gasteiger partial charge in [0.05, 0.1) is 5.69 Å². The summed E-state index contributed by atoms with van der Waals surface area (Å²) in [5.41, 5.74) is 1.80. The van der Waals surface area contributed by atoms with Crippen LogP contribution in [0.15, 0.2) is 24.5 Å². The lowest BCUT2D eigenvalue weighted by atomic mass is 10.1. The van der Waals surface area contributed by atoms with Gasteiger partial charge in [-0.15, -0.1) is 5.10 Å². The number of hydrogen-bond acceptors (Lipinski definition) is 4. The molecule has 0 aliphatic heterocycles. The number of halogens is 1. The van der Waals surface area contributed by atoms with Crippen molar-refractivity contribution in [2.75, 3.05) is 7.05 Å². The third kappa shape index (κ3) is 2.35. The lowest BCUT2D eigenvalue weighted by Gasteiger charge is -2.13. The summed E-state index contributed by atoms with van der Waals surface area (Å²) >= 11 is 6.23. The molecule has 1 atom stereocenters. The van der Waals surface area contributed by atoms with Crippen LogP contribution in [0.5, 0.6) is 0 Å². The molecule has 18 heavy (non-hydrogen) atoms. The van der Waals surface area contributed by atoms with E-state index >= 15 is 0 Å². The Morgan fingerprint density at radius 3 is 2.83 bits per heavy atom. The van der Waals surface area contributed by atoms with Gasteiger partial charge in [0.25, 0.3) is 5.82 Å². The molecule has 1 heterocycles. The largest absolute Gasteiger partial charge is 0.313 e. The van der Waals surface area contributed by atoms with Crippen LogP contribution in [0, 0.1) is 11.3 Å². The van der Waals surface area contributed by atoms with Crippen molar-refractivity contribution in [2.45, 2.75) is 13.0 Å². The number of nitrogens with zero attached hydrogens (tertiary/aromatic N) is 4. The Balaban J connectivity index is 2.37.